The van der Waals surface area contributed by atoms with E-state index < -0.39 is 35.9 Å². The average molecular weight is 539 g/mol. The molecular weight excluding hydrogens is 520 g/mol. The van der Waals surface area contributed by atoms with Gasteiger partial charge >= 0.3 is 0 Å². The summed E-state index contributed by atoms with van der Waals surface area (Å²) in [7, 11) is -9.69. The summed E-state index contributed by atoms with van der Waals surface area (Å²) < 4.78 is 67.5. The molecule has 0 radical (unpaired) electrons. The summed E-state index contributed by atoms with van der Waals surface area (Å²) >= 11 is 0. The van der Waals surface area contributed by atoms with Crippen LogP contribution in [-0.2, 0) is 26.8 Å². The van der Waals surface area contributed by atoms with E-state index >= 15 is 0 Å². The van der Waals surface area contributed by atoms with Gasteiger partial charge in [0.15, 0.2) is 0 Å². The summed E-state index contributed by atoms with van der Waals surface area (Å²) in [6, 6.07) is 20.0. The van der Waals surface area contributed by atoms with Crippen molar-refractivity contribution in [2.45, 2.75) is 16.3 Å². The van der Waals surface area contributed by atoms with Gasteiger partial charge in [0.25, 0.3) is 26.1 Å². The van der Waals surface area contributed by atoms with E-state index in [1.54, 1.807) is 60.7 Å². The lowest BCUT2D eigenvalue weighted by Crippen LogP contribution is -2.09. The third-order valence-corrected chi connectivity index (χ3v) is 7.53. The van der Waals surface area contributed by atoms with Crippen molar-refractivity contribution >= 4 is 31.9 Å². The lowest BCUT2D eigenvalue weighted by atomic mass is 10.0. The number of carbonyl (C=O) groups excluding carboxylic acids is 1. The minimum absolute atomic E-state index is 0.00885. The number of hydrogen-bond acceptors (Lipinski definition) is 6. The van der Waals surface area contributed by atoms with Crippen molar-refractivity contribution in [1.29, 1.82) is 0 Å². The van der Waals surface area contributed by atoms with E-state index in [1.165, 1.54) is 4.57 Å². The number of amides is 1. The number of rotatable bonds is 6. The maximum Gasteiger partial charge on any atom is 0.294 e. The number of aliphatic imine (C=N–C) groups is 1. The Bertz CT molecular complexity index is 1760. The van der Waals surface area contributed by atoms with Crippen LogP contribution in [0.5, 0.6) is 5.88 Å². The Hall–Kier alpha value is -4.10. The first kappa shape index (κ1) is 24.6. The van der Waals surface area contributed by atoms with Crippen LogP contribution in [0.1, 0.15) is 27.0 Å². The number of aromatic nitrogens is 1. The minimum atomic E-state index is -4.84. The van der Waals surface area contributed by atoms with E-state index in [2.05, 4.69) is 4.99 Å². The molecule has 0 saturated carbocycles. The number of hydrogen-bond donors (Lipinski definition) is 3. The maximum atomic E-state index is 13.1. The molecule has 4 aromatic rings. The van der Waals surface area contributed by atoms with Crippen LogP contribution < -0.4 is 0 Å². The van der Waals surface area contributed by atoms with Gasteiger partial charge in [0.05, 0.1) is 38.9 Å². The summed E-state index contributed by atoms with van der Waals surface area (Å²) in [5, 5.41) is 11.4. The molecule has 1 aliphatic heterocycles. The van der Waals surface area contributed by atoms with Crippen LogP contribution in [0.4, 0.5) is 0 Å². The second-order valence-corrected chi connectivity index (χ2v) is 11.1. The van der Waals surface area contributed by atoms with Gasteiger partial charge in [-0.15, -0.1) is 0 Å². The fraction of sp³-hybridized carbons (Fsp3) is 0.0400. The van der Waals surface area contributed by atoms with Gasteiger partial charge in [0.1, 0.15) is 0 Å². The monoisotopic (exact) mass is 538 g/mol. The van der Waals surface area contributed by atoms with Gasteiger partial charge in [0.2, 0.25) is 5.88 Å². The van der Waals surface area contributed by atoms with E-state index in [1.807, 2.05) is 0 Å². The van der Waals surface area contributed by atoms with Gasteiger partial charge in [-0.25, -0.2) is 4.99 Å². The predicted octanol–water partition coefficient (Wildman–Crippen LogP) is 3.39. The predicted molar refractivity (Wildman–Crippen MR) is 133 cm³/mol. The van der Waals surface area contributed by atoms with E-state index in [0.717, 1.165) is 12.1 Å². The maximum absolute atomic E-state index is 13.1. The van der Waals surface area contributed by atoms with Crippen molar-refractivity contribution < 1.29 is 35.8 Å². The molecule has 0 saturated heterocycles. The molecule has 5 rings (SSSR count). The first-order chi connectivity index (χ1) is 17.4. The van der Waals surface area contributed by atoms with Crippen molar-refractivity contribution in [2.75, 3.05) is 0 Å². The van der Waals surface area contributed by atoms with Crippen LogP contribution in [-0.4, -0.2) is 47.2 Å². The lowest BCUT2D eigenvalue weighted by Gasteiger charge is -2.14. The second-order valence-electron chi connectivity index (χ2n) is 8.27. The van der Waals surface area contributed by atoms with Crippen LogP contribution >= 0.6 is 0 Å². The summed E-state index contributed by atoms with van der Waals surface area (Å²) in [6.45, 7) is -0.315. The van der Waals surface area contributed by atoms with Crippen molar-refractivity contribution in [1.82, 2.24) is 4.57 Å². The van der Waals surface area contributed by atoms with Crippen molar-refractivity contribution in [3.63, 3.8) is 0 Å². The second kappa shape index (κ2) is 8.78. The molecular formula is C25H18N2O8S2. The minimum Gasteiger partial charge on any atom is -0.494 e. The first-order valence-corrected chi connectivity index (χ1v) is 13.6. The molecule has 0 fully saturated rings. The van der Waals surface area contributed by atoms with Crippen molar-refractivity contribution in [2.24, 2.45) is 4.99 Å². The summed E-state index contributed by atoms with van der Waals surface area (Å²) in [5.41, 5.74) is 1.97. The van der Waals surface area contributed by atoms with Gasteiger partial charge in [-0.3, -0.25) is 13.9 Å². The molecule has 188 valence electrons. The molecule has 0 spiro atoms. The summed E-state index contributed by atoms with van der Waals surface area (Å²) in [4.78, 5) is 15.7. The molecule has 0 unspecified atom stereocenters. The van der Waals surface area contributed by atoms with Gasteiger partial charge < -0.3 is 9.67 Å². The molecule has 3 N–H and O–H groups in total. The smallest absolute Gasteiger partial charge is 0.294 e. The number of benzene rings is 3. The van der Waals surface area contributed by atoms with Gasteiger partial charge in [0, 0.05) is 5.56 Å². The Morgan fingerprint density at radius 2 is 1.24 bits per heavy atom. The number of nitrogens with zero attached hydrogens (tertiary/aromatic N) is 2. The molecule has 37 heavy (non-hydrogen) atoms. The van der Waals surface area contributed by atoms with Gasteiger partial charge in [-0.05, 0) is 29.3 Å². The van der Waals surface area contributed by atoms with Gasteiger partial charge in [-0.1, -0.05) is 60.7 Å². The van der Waals surface area contributed by atoms with Crippen LogP contribution in [0, 0.1) is 0 Å². The zero-order valence-corrected chi connectivity index (χ0v) is 20.4. The quantitative estimate of drug-likeness (QED) is 0.315. The van der Waals surface area contributed by atoms with Crippen LogP contribution in [0.3, 0.4) is 0 Å². The largest absolute Gasteiger partial charge is 0.494 e. The molecule has 3 aromatic carbocycles. The van der Waals surface area contributed by atoms with Crippen molar-refractivity contribution in [3.8, 4) is 17.1 Å². The average Bonchev–Trinajstić information content (AvgIpc) is 3.34. The van der Waals surface area contributed by atoms with E-state index in [-0.39, 0.29) is 40.5 Å². The third-order valence-electron chi connectivity index (χ3n) is 5.87. The highest BCUT2D eigenvalue weighted by Gasteiger charge is 2.36. The van der Waals surface area contributed by atoms with E-state index in [4.69, 9.17) is 0 Å². The van der Waals surface area contributed by atoms with E-state index in [9.17, 15) is 35.8 Å². The highest BCUT2D eigenvalue weighted by atomic mass is 32.2. The fourth-order valence-corrected chi connectivity index (χ4v) is 5.54. The Labute approximate surface area is 211 Å². The number of fused-ring (bicyclic) bond motifs is 1. The number of carbonyl (C=O) groups is 1. The zero-order valence-electron chi connectivity index (χ0n) is 18.8. The SMILES string of the molecule is O=C1N=C(c2ccccc2)c2c1c(-c1ccccc1)n(Cc1cc(S(=O)(=O)O)cc(S(=O)(=O)O)c1)c2O. The fourth-order valence-electron chi connectivity index (χ4n) is 4.31. The topological polar surface area (TPSA) is 163 Å². The molecule has 0 atom stereocenters. The first-order valence-electron chi connectivity index (χ1n) is 10.7. The Balaban J connectivity index is 1.76. The van der Waals surface area contributed by atoms with Crippen LogP contribution in [0.15, 0.2) is 93.6 Å². The third kappa shape index (κ3) is 4.47. The molecule has 1 amide bonds. The van der Waals surface area contributed by atoms with Gasteiger partial charge in [-0.2, -0.15) is 16.8 Å². The lowest BCUT2D eigenvalue weighted by molar-refractivity contribution is 0.101. The van der Waals surface area contributed by atoms with Crippen LogP contribution in [0.25, 0.3) is 11.3 Å². The Morgan fingerprint density at radius 3 is 1.76 bits per heavy atom. The van der Waals surface area contributed by atoms with Crippen molar-refractivity contribution in [3.05, 3.63) is 101 Å². The Morgan fingerprint density at radius 1 is 0.730 bits per heavy atom. The normalized spacial score (nSPS) is 13.5. The zero-order chi connectivity index (χ0) is 26.5. The Kier molecular flexibility index (Phi) is 5.83. The van der Waals surface area contributed by atoms with E-state index in [0.29, 0.717) is 17.2 Å². The van der Waals surface area contributed by atoms with Crippen LogP contribution in [0.2, 0.25) is 0 Å². The number of aromatic hydroxyl groups is 1. The summed E-state index contributed by atoms with van der Waals surface area (Å²) in [6.07, 6.45) is 0. The highest BCUT2D eigenvalue weighted by Crippen LogP contribution is 2.41. The summed E-state index contributed by atoms with van der Waals surface area (Å²) in [5.74, 6) is -0.944. The molecule has 1 aliphatic rings. The molecule has 1 aromatic heterocycles. The highest BCUT2D eigenvalue weighted by molar-refractivity contribution is 7.86. The standard InChI is InChI=1S/C25H18N2O8S2/c28-24-21-20(22(26-24)16-7-3-1-4-8-16)25(29)27(23(21)17-9-5-2-6-10-17)14-15-11-18(36(30,31)32)13-19(12-15)37(33,34)35/h1-13,29H,14H2,(H,30,31,32)(H,33,34,35). The molecule has 10 nitrogen and oxygen atoms in total. The molecule has 2 heterocycles. The molecule has 0 aliphatic carbocycles. The molecule has 12 heteroatoms. The molecule has 0 bridgehead atoms.